The summed E-state index contributed by atoms with van der Waals surface area (Å²) in [5.41, 5.74) is 4.46. The van der Waals surface area contributed by atoms with Crippen LogP contribution in [0.1, 0.15) is 57.1 Å². The summed E-state index contributed by atoms with van der Waals surface area (Å²) >= 11 is 0. The first-order chi connectivity index (χ1) is 16.6. The van der Waals surface area contributed by atoms with Crippen LogP contribution in [0.15, 0.2) is 48.5 Å². The van der Waals surface area contributed by atoms with Gasteiger partial charge in [-0.25, -0.2) is 4.79 Å². The first-order valence-electron chi connectivity index (χ1n) is 12.2. The minimum Gasteiger partial charge on any atom is -0.480 e. The van der Waals surface area contributed by atoms with Crippen molar-refractivity contribution >= 4 is 18.0 Å². The Morgan fingerprint density at radius 2 is 1.60 bits per heavy atom. The average Bonchev–Trinajstić information content (AvgIpc) is 3.38. The second kappa shape index (κ2) is 10.1. The highest BCUT2D eigenvalue weighted by atomic mass is 16.5. The molecule has 2 aliphatic rings. The van der Waals surface area contributed by atoms with E-state index in [-0.39, 0.29) is 42.4 Å². The molecule has 0 aromatic heterocycles. The normalized spacial score (nSPS) is 19.1. The van der Waals surface area contributed by atoms with E-state index < -0.39 is 12.1 Å². The van der Waals surface area contributed by atoms with Crippen LogP contribution in [0, 0.1) is 11.3 Å². The van der Waals surface area contributed by atoms with Crippen LogP contribution in [0.25, 0.3) is 11.1 Å². The van der Waals surface area contributed by atoms with Crippen LogP contribution in [0.3, 0.4) is 0 Å². The number of amides is 2. The number of benzene rings is 2. The number of rotatable bonds is 7. The molecule has 0 bridgehead atoms. The molecule has 2 aromatic rings. The number of carboxylic acid groups (broad SMARTS) is 1. The number of aliphatic carboxylic acids is 1. The second-order valence-corrected chi connectivity index (χ2v) is 10.8. The van der Waals surface area contributed by atoms with E-state index in [1.54, 1.807) is 0 Å². The minimum absolute atomic E-state index is 0.00645. The van der Waals surface area contributed by atoms with E-state index >= 15 is 0 Å². The Morgan fingerprint density at radius 1 is 1.00 bits per heavy atom. The van der Waals surface area contributed by atoms with E-state index in [0.29, 0.717) is 25.8 Å². The third kappa shape index (κ3) is 5.84. The van der Waals surface area contributed by atoms with Crippen molar-refractivity contribution in [2.75, 3.05) is 19.7 Å². The first kappa shape index (κ1) is 24.8. The molecule has 35 heavy (non-hydrogen) atoms. The average molecular weight is 479 g/mol. The van der Waals surface area contributed by atoms with Crippen LogP contribution in [0.2, 0.25) is 0 Å². The highest BCUT2D eigenvalue weighted by Gasteiger charge is 2.36. The van der Waals surface area contributed by atoms with Crippen molar-refractivity contribution in [1.29, 1.82) is 0 Å². The molecular weight excluding hydrogens is 444 g/mol. The van der Waals surface area contributed by atoms with E-state index in [2.05, 4.69) is 29.6 Å². The molecular formula is C28H34N2O5. The Bertz CT molecular complexity index is 1060. The third-order valence-electron chi connectivity index (χ3n) is 6.75. The van der Waals surface area contributed by atoms with E-state index in [1.165, 1.54) is 16.0 Å². The molecule has 7 heteroatoms. The van der Waals surface area contributed by atoms with Gasteiger partial charge in [-0.15, -0.1) is 0 Å². The molecule has 2 N–H and O–H groups in total. The maximum Gasteiger partial charge on any atom is 0.407 e. The molecule has 0 aliphatic heterocycles. The van der Waals surface area contributed by atoms with Crippen molar-refractivity contribution in [2.45, 2.75) is 52.0 Å². The number of hydrogen-bond acceptors (Lipinski definition) is 4. The van der Waals surface area contributed by atoms with Crippen LogP contribution in [0.4, 0.5) is 4.79 Å². The van der Waals surface area contributed by atoms with E-state index in [1.807, 2.05) is 45.0 Å². The summed E-state index contributed by atoms with van der Waals surface area (Å²) in [4.78, 5) is 38.4. The largest absolute Gasteiger partial charge is 0.480 e. The fourth-order valence-electron chi connectivity index (χ4n) is 5.35. The number of fused-ring (bicyclic) bond motifs is 3. The molecule has 2 aromatic carbocycles. The van der Waals surface area contributed by atoms with Gasteiger partial charge in [0.1, 0.15) is 13.2 Å². The minimum atomic E-state index is -1.02. The highest BCUT2D eigenvalue weighted by Crippen LogP contribution is 2.44. The maximum absolute atomic E-state index is 13.0. The smallest absolute Gasteiger partial charge is 0.407 e. The van der Waals surface area contributed by atoms with Gasteiger partial charge in [0.05, 0.1) is 0 Å². The lowest BCUT2D eigenvalue weighted by Gasteiger charge is -2.30. The molecule has 0 saturated heterocycles. The van der Waals surface area contributed by atoms with Crippen LogP contribution in [-0.2, 0) is 14.3 Å². The molecule has 2 amide bonds. The number of carboxylic acids is 1. The lowest BCUT2D eigenvalue weighted by Crippen LogP contribution is -2.44. The number of hydrogen-bond donors (Lipinski definition) is 2. The van der Waals surface area contributed by atoms with Gasteiger partial charge < -0.3 is 20.1 Å². The second-order valence-electron chi connectivity index (χ2n) is 10.8. The van der Waals surface area contributed by atoms with E-state index in [0.717, 1.165) is 11.1 Å². The molecule has 0 unspecified atom stereocenters. The maximum atomic E-state index is 13.0. The molecule has 7 nitrogen and oxygen atoms in total. The Morgan fingerprint density at radius 3 is 2.17 bits per heavy atom. The Balaban J connectivity index is 1.32. The van der Waals surface area contributed by atoms with Gasteiger partial charge in [-0.2, -0.15) is 0 Å². The lowest BCUT2D eigenvalue weighted by molar-refractivity contribution is -0.147. The topological polar surface area (TPSA) is 95.9 Å². The molecule has 0 radical (unpaired) electrons. The molecule has 186 valence electrons. The lowest BCUT2D eigenvalue weighted by atomic mass is 9.95. The fraction of sp³-hybridized carbons (Fsp3) is 0.464. The summed E-state index contributed by atoms with van der Waals surface area (Å²) in [5, 5.41) is 12.2. The Kier molecular flexibility index (Phi) is 7.15. The van der Waals surface area contributed by atoms with Gasteiger partial charge in [0, 0.05) is 24.4 Å². The predicted octanol–water partition coefficient (Wildman–Crippen LogP) is 4.65. The van der Waals surface area contributed by atoms with E-state index in [4.69, 9.17) is 4.74 Å². The zero-order valence-electron chi connectivity index (χ0n) is 20.6. The summed E-state index contributed by atoms with van der Waals surface area (Å²) in [6.45, 7) is 6.24. The van der Waals surface area contributed by atoms with Gasteiger partial charge in [0.15, 0.2) is 0 Å². The van der Waals surface area contributed by atoms with Gasteiger partial charge in [-0.1, -0.05) is 69.3 Å². The van der Waals surface area contributed by atoms with Gasteiger partial charge >= 0.3 is 12.1 Å². The molecule has 2 aliphatic carbocycles. The number of nitrogens with one attached hydrogen (secondary N) is 1. The molecule has 2 atom stereocenters. The van der Waals surface area contributed by atoms with Crippen molar-refractivity contribution in [3.8, 4) is 11.1 Å². The summed E-state index contributed by atoms with van der Waals surface area (Å²) in [5.74, 6) is -1.48. The summed E-state index contributed by atoms with van der Waals surface area (Å²) in [7, 11) is 0. The van der Waals surface area contributed by atoms with Crippen LogP contribution >= 0.6 is 0 Å². The molecule has 0 spiro atoms. The number of carbonyl (C=O) groups excluding carboxylic acids is 2. The fourth-order valence-corrected chi connectivity index (χ4v) is 5.35. The van der Waals surface area contributed by atoms with Crippen molar-refractivity contribution < 1.29 is 24.2 Å². The van der Waals surface area contributed by atoms with Gasteiger partial charge in [-0.05, 0) is 46.9 Å². The Labute approximate surface area is 206 Å². The molecule has 1 saturated carbocycles. The predicted molar refractivity (Wildman–Crippen MR) is 133 cm³/mol. The van der Waals surface area contributed by atoms with Gasteiger partial charge in [0.2, 0.25) is 5.91 Å². The van der Waals surface area contributed by atoms with Crippen LogP contribution in [0.5, 0.6) is 0 Å². The SMILES string of the molecule is CC(C)(C)CN(CC(=O)O)C(=O)[C@H]1CC[C@@H](NC(=O)OCC2c3ccccc3-c3ccccc32)C1. The van der Waals surface area contributed by atoms with Gasteiger partial charge in [-0.3, -0.25) is 9.59 Å². The molecule has 4 rings (SSSR count). The number of alkyl carbamates (subject to hydrolysis) is 1. The van der Waals surface area contributed by atoms with E-state index in [9.17, 15) is 19.5 Å². The van der Waals surface area contributed by atoms with Crippen molar-refractivity contribution in [2.24, 2.45) is 11.3 Å². The monoisotopic (exact) mass is 478 g/mol. The molecule has 1 fully saturated rings. The van der Waals surface area contributed by atoms with Crippen molar-refractivity contribution in [3.63, 3.8) is 0 Å². The number of carbonyl (C=O) groups is 3. The quantitative estimate of drug-likeness (QED) is 0.604. The van der Waals surface area contributed by atoms with Crippen molar-refractivity contribution in [1.82, 2.24) is 10.2 Å². The third-order valence-corrected chi connectivity index (χ3v) is 6.75. The van der Waals surface area contributed by atoms with Crippen molar-refractivity contribution in [3.05, 3.63) is 59.7 Å². The van der Waals surface area contributed by atoms with Gasteiger partial charge in [0.25, 0.3) is 0 Å². The first-order valence-corrected chi connectivity index (χ1v) is 12.2. The zero-order chi connectivity index (χ0) is 25.2. The van der Waals surface area contributed by atoms with Crippen LogP contribution < -0.4 is 5.32 Å². The highest BCUT2D eigenvalue weighted by molar-refractivity contribution is 5.83. The summed E-state index contributed by atoms with van der Waals surface area (Å²) < 4.78 is 5.64. The Hall–Kier alpha value is -3.35. The standard InChI is InChI=1S/C28H34N2O5/c1-28(2,3)17-30(15-25(31)32)26(33)18-12-13-19(14-18)29-27(34)35-16-24-22-10-6-4-8-20(22)21-9-5-7-11-23(21)24/h4-11,18-19,24H,12-17H2,1-3H3,(H,29,34)(H,31,32)/t18-,19+/m0/s1. The molecule has 0 heterocycles. The summed E-state index contributed by atoms with van der Waals surface area (Å²) in [6, 6.07) is 16.2. The zero-order valence-corrected chi connectivity index (χ0v) is 20.6. The summed E-state index contributed by atoms with van der Waals surface area (Å²) in [6.07, 6.45) is 1.29. The van der Waals surface area contributed by atoms with Crippen LogP contribution in [-0.4, -0.2) is 53.7 Å². The number of ether oxygens (including phenoxy) is 1. The number of nitrogens with zero attached hydrogens (tertiary/aromatic N) is 1.